The lowest BCUT2D eigenvalue weighted by Gasteiger charge is -2.23. The molecular formula is C25H28N4O5S. The van der Waals surface area contributed by atoms with Gasteiger partial charge in [0, 0.05) is 41.4 Å². The van der Waals surface area contributed by atoms with Gasteiger partial charge in [-0.25, -0.2) is 4.79 Å². The van der Waals surface area contributed by atoms with Crippen molar-refractivity contribution in [3.8, 4) is 6.07 Å². The number of carbonyl (C=O) groups is 2. The Morgan fingerprint density at radius 2 is 1.97 bits per heavy atom. The van der Waals surface area contributed by atoms with Crippen molar-refractivity contribution in [2.75, 3.05) is 29.9 Å². The van der Waals surface area contributed by atoms with Crippen LogP contribution in [0.5, 0.6) is 0 Å². The van der Waals surface area contributed by atoms with Gasteiger partial charge >= 0.3 is 5.97 Å². The first kappa shape index (κ1) is 25.9. The monoisotopic (exact) mass is 496 g/mol. The van der Waals surface area contributed by atoms with Crippen molar-refractivity contribution < 1.29 is 19.2 Å². The van der Waals surface area contributed by atoms with E-state index in [1.54, 1.807) is 13.0 Å². The van der Waals surface area contributed by atoms with Gasteiger partial charge in [-0.15, -0.1) is 11.3 Å². The topological polar surface area (TPSA) is 126 Å². The smallest absolute Gasteiger partial charge is 0.341 e. The van der Waals surface area contributed by atoms with Gasteiger partial charge in [-0.05, 0) is 64.2 Å². The van der Waals surface area contributed by atoms with Gasteiger partial charge in [-0.3, -0.25) is 14.9 Å². The molecule has 0 aliphatic heterocycles. The third-order valence-corrected chi connectivity index (χ3v) is 7.08. The highest BCUT2D eigenvalue weighted by molar-refractivity contribution is 7.17. The lowest BCUT2D eigenvalue weighted by Crippen LogP contribution is -2.23. The first-order valence-electron chi connectivity index (χ1n) is 11.6. The molecule has 0 radical (unpaired) electrons. The number of benzene rings is 1. The Morgan fingerprint density at radius 3 is 2.60 bits per heavy atom. The highest BCUT2D eigenvalue weighted by Crippen LogP contribution is 2.39. The summed E-state index contributed by atoms with van der Waals surface area (Å²) in [6.45, 7) is 7.12. The largest absolute Gasteiger partial charge is 0.462 e. The Kier molecular flexibility index (Phi) is 8.60. The zero-order valence-electron chi connectivity index (χ0n) is 20.1. The van der Waals surface area contributed by atoms with Gasteiger partial charge in [0.05, 0.1) is 17.1 Å². The number of ether oxygens (including phenoxy) is 1. The minimum Gasteiger partial charge on any atom is -0.462 e. The zero-order valence-corrected chi connectivity index (χ0v) is 20.9. The van der Waals surface area contributed by atoms with Crippen molar-refractivity contribution in [3.63, 3.8) is 0 Å². The standard InChI is InChI=1S/C25H28N4O5S/c1-4-28(5-2)20-12-11-18(29(32)33)14-16(20)13-17(15-26)23(30)27-24-22(25(31)34-6-3)19-9-7-8-10-21(19)35-24/h11-14H,4-10H2,1-3H3,(H,27,30)/b17-13-. The number of aryl methyl sites for hydroxylation is 1. The molecule has 35 heavy (non-hydrogen) atoms. The van der Waals surface area contributed by atoms with E-state index in [1.807, 2.05) is 24.8 Å². The fraction of sp³-hybridized carbons (Fsp3) is 0.400. The van der Waals surface area contributed by atoms with Gasteiger partial charge in [0.1, 0.15) is 16.6 Å². The van der Waals surface area contributed by atoms with Crippen LogP contribution in [0.4, 0.5) is 16.4 Å². The number of thiophene rings is 1. The first-order chi connectivity index (χ1) is 16.8. The molecule has 0 fully saturated rings. The Labute approximate surface area is 208 Å². The van der Waals surface area contributed by atoms with Crippen molar-refractivity contribution in [1.82, 2.24) is 0 Å². The second-order valence-corrected chi connectivity index (χ2v) is 9.04. The van der Waals surface area contributed by atoms with Gasteiger partial charge in [0.2, 0.25) is 0 Å². The molecule has 1 aliphatic carbocycles. The molecule has 1 aliphatic rings. The summed E-state index contributed by atoms with van der Waals surface area (Å²) >= 11 is 1.33. The van der Waals surface area contributed by atoms with E-state index in [-0.39, 0.29) is 17.9 Å². The van der Waals surface area contributed by atoms with E-state index < -0.39 is 16.8 Å². The number of nitrogens with one attached hydrogen (secondary N) is 1. The van der Waals surface area contributed by atoms with E-state index in [4.69, 9.17) is 4.74 Å². The fourth-order valence-electron chi connectivity index (χ4n) is 4.17. The number of non-ortho nitro benzene ring substituents is 1. The number of rotatable bonds is 9. The van der Waals surface area contributed by atoms with E-state index in [0.29, 0.717) is 34.9 Å². The maximum Gasteiger partial charge on any atom is 0.341 e. The van der Waals surface area contributed by atoms with Gasteiger partial charge in [-0.2, -0.15) is 5.26 Å². The summed E-state index contributed by atoms with van der Waals surface area (Å²) in [6.07, 6.45) is 4.87. The molecule has 0 unspecified atom stereocenters. The van der Waals surface area contributed by atoms with Crippen LogP contribution >= 0.6 is 11.3 Å². The van der Waals surface area contributed by atoms with Crippen molar-refractivity contribution in [2.45, 2.75) is 46.5 Å². The summed E-state index contributed by atoms with van der Waals surface area (Å²) in [5.74, 6) is -1.18. The van der Waals surface area contributed by atoms with Crippen molar-refractivity contribution in [2.24, 2.45) is 0 Å². The van der Waals surface area contributed by atoms with Crippen LogP contribution in [0.2, 0.25) is 0 Å². The van der Waals surface area contributed by atoms with E-state index >= 15 is 0 Å². The molecule has 1 N–H and O–H groups in total. The third kappa shape index (κ3) is 5.69. The van der Waals surface area contributed by atoms with Crippen molar-refractivity contribution >= 4 is 45.7 Å². The number of esters is 1. The van der Waals surface area contributed by atoms with Crippen molar-refractivity contribution in [3.05, 3.63) is 55.5 Å². The Bertz CT molecular complexity index is 1210. The number of fused-ring (bicyclic) bond motifs is 1. The second kappa shape index (κ2) is 11.6. The average Bonchev–Trinajstić information content (AvgIpc) is 3.21. The fourth-order valence-corrected chi connectivity index (χ4v) is 5.44. The summed E-state index contributed by atoms with van der Waals surface area (Å²) in [4.78, 5) is 39.7. The number of anilines is 2. The zero-order chi connectivity index (χ0) is 25.5. The molecule has 0 saturated carbocycles. The van der Waals surface area contributed by atoms with Crippen LogP contribution in [0.25, 0.3) is 6.08 Å². The Hall–Kier alpha value is -3.71. The van der Waals surface area contributed by atoms with E-state index in [1.165, 1.54) is 29.5 Å². The van der Waals surface area contributed by atoms with Crippen LogP contribution in [0.15, 0.2) is 23.8 Å². The molecule has 0 bridgehead atoms. The van der Waals surface area contributed by atoms with Gasteiger partial charge < -0.3 is 15.0 Å². The molecule has 9 nitrogen and oxygen atoms in total. The molecule has 1 aromatic carbocycles. The van der Waals surface area contributed by atoms with Crippen LogP contribution in [-0.4, -0.2) is 36.5 Å². The number of nitriles is 1. The predicted octanol–water partition coefficient (Wildman–Crippen LogP) is 5.10. The maximum absolute atomic E-state index is 13.1. The average molecular weight is 497 g/mol. The summed E-state index contributed by atoms with van der Waals surface area (Å²) < 4.78 is 5.23. The number of amides is 1. The number of hydrogen-bond donors (Lipinski definition) is 1. The molecule has 0 saturated heterocycles. The molecule has 1 amide bonds. The van der Waals surface area contributed by atoms with Crippen LogP contribution in [0.3, 0.4) is 0 Å². The van der Waals surface area contributed by atoms with E-state index in [9.17, 15) is 25.0 Å². The van der Waals surface area contributed by atoms with Gasteiger partial charge in [-0.1, -0.05) is 0 Å². The summed E-state index contributed by atoms with van der Waals surface area (Å²) in [6, 6.07) is 6.28. The number of nitro benzene ring substituents is 1. The predicted molar refractivity (Wildman–Crippen MR) is 136 cm³/mol. The molecule has 0 atom stereocenters. The molecular weight excluding hydrogens is 468 g/mol. The summed E-state index contributed by atoms with van der Waals surface area (Å²) in [5, 5.41) is 24.2. The minimum absolute atomic E-state index is 0.139. The van der Waals surface area contributed by atoms with E-state index in [2.05, 4.69) is 5.32 Å². The number of hydrogen-bond acceptors (Lipinski definition) is 8. The highest BCUT2D eigenvalue weighted by atomic mass is 32.1. The van der Waals surface area contributed by atoms with Gasteiger partial charge in [0.25, 0.3) is 11.6 Å². The minimum atomic E-state index is -0.686. The number of carbonyl (C=O) groups excluding carboxylic acids is 2. The first-order valence-corrected chi connectivity index (χ1v) is 12.4. The molecule has 10 heteroatoms. The quantitative estimate of drug-likeness (QED) is 0.168. The Balaban J connectivity index is 2.01. The van der Waals surface area contributed by atoms with E-state index in [0.717, 1.165) is 36.1 Å². The number of nitro groups is 1. The normalized spacial score (nSPS) is 12.9. The highest BCUT2D eigenvalue weighted by Gasteiger charge is 2.28. The number of nitrogens with zero attached hydrogens (tertiary/aromatic N) is 3. The molecule has 2 aromatic rings. The Morgan fingerprint density at radius 1 is 1.26 bits per heavy atom. The molecule has 3 rings (SSSR count). The second-order valence-electron chi connectivity index (χ2n) is 7.93. The van der Waals surface area contributed by atoms with Crippen LogP contribution < -0.4 is 10.2 Å². The molecule has 0 spiro atoms. The molecule has 1 heterocycles. The van der Waals surface area contributed by atoms with Crippen LogP contribution in [0.1, 0.15) is 60.0 Å². The summed E-state index contributed by atoms with van der Waals surface area (Å²) in [7, 11) is 0. The van der Waals surface area contributed by atoms with Crippen molar-refractivity contribution in [1.29, 1.82) is 5.26 Å². The SMILES string of the molecule is CCOC(=O)c1c(NC(=O)/C(C#N)=C\c2cc([N+](=O)[O-])ccc2N(CC)CC)sc2c1CCCC2. The van der Waals surface area contributed by atoms with Gasteiger partial charge in [0.15, 0.2) is 0 Å². The lowest BCUT2D eigenvalue weighted by atomic mass is 9.95. The summed E-state index contributed by atoms with van der Waals surface area (Å²) in [5.41, 5.74) is 1.97. The maximum atomic E-state index is 13.1. The van der Waals surface area contributed by atoms with Crippen LogP contribution in [0, 0.1) is 21.4 Å². The van der Waals surface area contributed by atoms with Crippen LogP contribution in [-0.2, 0) is 22.4 Å². The third-order valence-electron chi connectivity index (χ3n) is 5.87. The molecule has 184 valence electrons. The lowest BCUT2D eigenvalue weighted by molar-refractivity contribution is -0.384. The molecule has 1 aromatic heterocycles.